The van der Waals surface area contributed by atoms with Crippen LogP contribution in [0.3, 0.4) is 0 Å². The first-order chi connectivity index (χ1) is 41.0. The molecule has 0 fully saturated rings. The quantitative estimate of drug-likeness (QED) is 0.0261. The highest BCUT2D eigenvalue weighted by Gasteiger charge is 2.20. The van der Waals surface area contributed by atoms with Gasteiger partial charge in [-0.3, -0.25) is 14.4 Å². The molecule has 0 N–H and O–H groups in total. The third-order valence-electron chi connectivity index (χ3n) is 16.8. The maximum absolute atomic E-state index is 13.0. The molecule has 0 aliphatic carbocycles. The highest BCUT2D eigenvalue weighted by molar-refractivity contribution is 5.71. The predicted octanol–water partition coefficient (Wildman–Crippen LogP) is 25.7. The summed E-state index contributed by atoms with van der Waals surface area (Å²) in [7, 11) is 0. The Kier molecular flexibility index (Phi) is 69.6. The van der Waals surface area contributed by atoms with E-state index in [4.69, 9.17) is 14.2 Å². The lowest BCUT2D eigenvalue weighted by atomic mass is 10.0. The molecule has 0 saturated carbocycles. The van der Waals surface area contributed by atoms with Crippen LogP contribution in [-0.4, -0.2) is 37.2 Å². The second kappa shape index (κ2) is 71.8. The summed E-state index contributed by atoms with van der Waals surface area (Å²) in [6.45, 7) is 6.61. The van der Waals surface area contributed by atoms with Gasteiger partial charge in [-0.25, -0.2) is 0 Å². The Hall–Kier alpha value is -2.63. The zero-order valence-corrected chi connectivity index (χ0v) is 56.0. The van der Waals surface area contributed by atoms with Crippen molar-refractivity contribution < 1.29 is 28.6 Å². The van der Waals surface area contributed by atoms with Crippen molar-refractivity contribution in [2.45, 2.75) is 412 Å². The fourth-order valence-corrected chi connectivity index (χ4v) is 11.3. The third kappa shape index (κ3) is 70.0. The normalized spacial score (nSPS) is 12.3. The van der Waals surface area contributed by atoms with Gasteiger partial charge in [-0.2, -0.15) is 0 Å². The van der Waals surface area contributed by atoms with E-state index in [-0.39, 0.29) is 31.1 Å². The molecule has 0 spiro atoms. The zero-order valence-electron chi connectivity index (χ0n) is 56.0. The molecule has 83 heavy (non-hydrogen) atoms. The molecular weight excluding hydrogens is 1020 g/mol. The van der Waals surface area contributed by atoms with Crippen molar-refractivity contribution >= 4 is 17.9 Å². The summed E-state index contributed by atoms with van der Waals surface area (Å²) in [6.07, 6.45) is 91.5. The molecule has 0 aromatic heterocycles. The van der Waals surface area contributed by atoms with E-state index in [2.05, 4.69) is 69.4 Å². The molecule has 6 heteroatoms. The van der Waals surface area contributed by atoms with Crippen LogP contribution >= 0.6 is 0 Å². The first-order valence-electron chi connectivity index (χ1n) is 37.1. The third-order valence-corrected chi connectivity index (χ3v) is 16.8. The lowest BCUT2D eigenvalue weighted by molar-refractivity contribution is -0.167. The van der Waals surface area contributed by atoms with Crippen molar-refractivity contribution in [2.24, 2.45) is 0 Å². The molecule has 0 radical (unpaired) electrons. The van der Waals surface area contributed by atoms with Gasteiger partial charge >= 0.3 is 17.9 Å². The molecule has 0 amide bonds. The molecule has 0 aliphatic rings. The minimum Gasteiger partial charge on any atom is -0.462 e. The van der Waals surface area contributed by atoms with Gasteiger partial charge in [0.2, 0.25) is 0 Å². The Balaban J connectivity index is 4.31. The number of rotatable bonds is 69. The molecule has 0 aromatic rings. The highest BCUT2D eigenvalue weighted by atomic mass is 16.6. The Morgan fingerprint density at radius 1 is 0.253 bits per heavy atom. The van der Waals surface area contributed by atoms with Crippen molar-refractivity contribution in [3.05, 3.63) is 48.6 Å². The van der Waals surface area contributed by atoms with Gasteiger partial charge in [-0.05, 0) is 57.8 Å². The van der Waals surface area contributed by atoms with E-state index in [1.165, 1.54) is 276 Å². The smallest absolute Gasteiger partial charge is 0.306 e. The Labute approximate surface area is 518 Å². The number of hydrogen-bond donors (Lipinski definition) is 0. The second-order valence-electron chi connectivity index (χ2n) is 25.2. The standard InChI is InChI=1S/C77H142O6/c1-4-7-10-13-16-19-22-25-28-31-34-36-38-40-43-46-49-52-55-58-61-64-67-70-76(79)82-73-74(72-81-75(78)69-66-63-60-57-54-51-48-45-42-33-30-27-24-21-18-15-12-9-6-3)83-77(80)71-68-65-62-59-56-53-50-47-44-41-39-37-35-32-29-26-23-20-17-14-11-8-5-2/h9,12,18,21,27,30,42,45,74H,4-8,10-11,13-17,19-20,22-26,28-29,31-41,43-44,46-73H2,1-3H3/b12-9-,21-18-,30-27-,45-42-. The van der Waals surface area contributed by atoms with E-state index in [1.54, 1.807) is 0 Å². The number of allylic oxidation sites excluding steroid dienone is 8. The van der Waals surface area contributed by atoms with Gasteiger partial charge in [0.1, 0.15) is 13.2 Å². The summed E-state index contributed by atoms with van der Waals surface area (Å²) in [5, 5.41) is 0. The molecule has 0 aliphatic heterocycles. The number of carbonyl (C=O) groups is 3. The minimum atomic E-state index is -0.778. The topological polar surface area (TPSA) is 78.9 Å². The summed E-state index contributed by atoms with van der Waals surface area (Å²) >= 11 is 0. The molecule has 0 bridgehead atoms. The van der Waals surface area contributed by atoms with Crippen LogP contribution in [0.4, 0.5) is 0 Å². The highest BCUT2D eigenvalue weighted by Crippen LogP contribution is 2.19. The Morgan fingerprint density at radius 3 is 0.735 bits per heavy atom. The summed E-state index contributed by atoms with van der Waals surface area (Å²) in [5.74, 6) is -0.854. The Morgan fingerprint density at radius 2 is 0.470 bits per heavy atom. The molecule has 486 valence electrons. The second-order valence-corrected chi connectivity index (χ2v) is 25.2. The van der Waals surface area contributed by atoms with Crippen LogP contribution in [0.25, 0.3) is 0 Å². The van der Waals surface area contributed by atoms with E-state index >= 15 is 0 Å². The first kappa shape index (κ1) is 80.4. The largest absolute Gasteiger partial charge is 0.462 e. The van der Waals surface area contributed by atoms with E-state index in [9.17, 15) is 14.4 Å². The summed E-state index contributed by atoms with van der Waals surface area (Å²) < 4.78 is 17.0. The van der Waals surface area contributed by atoms with Crippen molar-refractivity contribution in [2.75, 3.05) is 13.2 Å². The molecule has 0 rings (SSSR count). The van der Waals surface area contributed by atoms with Crippen LogP contribution in [0.2, 0.25) is 0 Å². The predicted molar refractivity (Wildman–Crippen MR) is 362 cm³/mol. The lowest BCUT2D eigenvalue weighted by Crippen LogP contribution is -2.30. The van der Waals surface area contributed by atoms with Gasteiger partial charge in [0.15, 0.2) is 6.10 Å². The van der Waals surface area contributed by atoms with E-state index in [1.807, 2.05) is 0 Å². The zero-order chi connectivity index (χ0) is 59.9. The first-order valence-corrected chi connectivity index (χ1v) is 37.1. The van der Waals surface area contributed by atoms with Crippen LogP contribution < -0.4 is 0 Å². The molecule has 0 heterocycles. The molecule has 0 saturated heterocycles. The van der Waals surface area contributed by atoms with Gasteiger partial charge in [0, 0.05) is 19.3 Å². The summed E-state index contributed by atoms with van der Waals surface area (Å²) in [4.78, 5) is 38.6. The van der Waals surface area contributed by atoms with Crippen molar-refractivity contribution in [1.82, 2.24) is 0 Å². The summed E-state index contributed by atoms with van der Waals surface area (Å²) in [5.41, 5.74) is 0. The average Bonchev–Trinajstić information content (AvgIpc) is 3.49. The number of hydrogen-bond acceptors (Lipinski definition) is 6. The van der Waals surface area contributed by atoms with Gasteiger partial charge in [0.25, 0.3) is 0 Å². The number of ether oxygens (including phenoxy) is 3. The SMILES string of the molecule is CC/C=C\C/C=C\C/C=C\C/C=C\CCCCCCCCC(=O)OCC(COC(=O)CCCCCCCCCCCCCCCCCCCCCCCCC)OC(=O)CCCCCCCCCCCCCCCCCCCCCCCCC. The fourth-order valence-electron chi connectivity index (χ4n) is 11.3. The van der Waals surface area contributed by atoms with Crippen LogP contribution in [0.15, 0.2) is 48.6 Å². The van der Waals surface area contributed by atoms with Gasteiger partial charge in [-0.1, -0.05) is 378 Å². The van der Waals surface area contributed by atoms with Crippen LogP contribution in [-0.2, 0) is 28.6 Å². The van der Waals surface area contributed by atoms with Gasteiger partial charge in [0.05, 0.1) is 0 Å². The van der Waals surface area contributed by atoms with E-state index < -0.39 is 6.10 Å². The van der Waals surface area contributed by atoms with E-state index in [0.717, 1.165) is 89.9 Å². The molecule has 6 nitrogen and oxygen atoms in total. The maximum Gasteiger partial charge on any atom is 0.306 e. The molecular formula is C77H142O6. The average molecular weight is 1160 g/mol. The van der Waals surface area contributed by atoms with Crippen LogP contribution in [0, 0.1) is 0 Å². The lowest BCUT2D eigenvalue weighted by Gasteiger charge is -2.18. The number of carbonyl (C=O) groups excluding carboxylic acids is 3. The monoisotopic (exact) mass is 1160 g/mol. The molecule has 0 aromatic carbocycles. The van der Waals surface area contributed by atoms with Crippen molar-refractivity contribution in [3.8, 4) is 0 Å². The van der Waals surface area contributed by atoms with E-state index in [0.29, 0.717) is 19.3 Å². The summed E-state index contributed by atoms with van der Waals surface area (Å²) in [6, 6.07) is 0. The van der Waals surface area contributed by atoms with Gasteiger partial charge in [-0.15, -0.1) is 0 Å². The van der Waals surface area contributed by atoms with Crippen LogP contribution in [0.5, 0.6) is 0 Å². The minimum absolute atomic E-state index is 0.0719. The Bertz CT molecular complexity index is 1430. The van der Waals surface area contributed by atoms with Crippen LogP contribution in [0.1, 0.15) is 406 Å². The molecule has 1 unspecified atom stereocenters. The van der Waals surface area contributed by atoms with Gasteiger partial charge < -0.3 is 14.2 Å². The molecule has 1 atom stereocenters. The van der Waals surface area contributed by atoms with Crippen molar-refractivity contribution in [1.29, 1.82) is 0 Å². The maximum atomic E-state index is 13.0. The number of esters is 3. The number of unbranched alkanes of at least 4 members (excludes halogenated alkanes) is 50. The van der Waals surface area contributed by atoms with Crippen molar-refractivity contribution in [3.63, 3.8) is 0 Å². The fraction of sp³-hybridized carbons (Fsp3) is 0.857.